The number of hydrogen-bond donors (Lipinski definition) is 7. The highest BCUT2D eigenvalue weighted by atomic mass is 16.4. The summed E-state index contributed by atoms with van der Waals surface area (Å²) in [6.45, 7) is 0.487. The van der Waals surface area contributed by atoms with Crippen molar-refractivity contribution in [1.29, 1.82) is 0 Å². The lowest BCUT2D eigenvalue weighted by atomic mass is 10.0. The number of nitrogens with zero attached hydrogens (tertiary/aromatic N) is 1. The van der Waals surface area contributed by atoms with E-state index in [4.69, 9.17) is 11.5 Å². The fourth-order valence-electron chi connectivity index (χ4n) is 4.40. The van der Waals surface area contributed by atoms with E-state index in [1.54, 1.807) is 24.3 Å². The number of aromatic amines is 1. The topological polar surface area (TPSA) is 205 Å². The van der Waals surface area contributed by atoms with Crippen LogP contribution in [-0.4, -0.2) is 69.5 Å². The van der Waals surface area contributed by atoms with Crippen LogP contribution in [0.25, 0.3) is 0 Å². The van der Waals surface area contributed by atoms with Crippen LogP contribution in [-0.2, 0) is 38.4 Å². The number of H-pyrrole nitrogens is 1. The number of nitrogens with one attached hydrogen (secondary N) is 4. The summed E-state index contributed by atoms with van der Waals surface area (Å²) in [5, 5.41) is 17.8. The minimum Gasteiger partial charge on any atom is -0.480 e. The van der Waals surface area contributed by atoms with Crippen molar-refractivity contribution < 1.29 is 24.3 Å². The summed E-state index contributed by atoms with van der Waals surface area (Å²) in [7, 11) is 0. The van der Waals surface area contributed by atoms with Crippen molar-refractivity contribution in [3.8, 4) is 0 Å². The number of rotatable bonds is 17. The molecule has 1 aromatic heterocycles. The quantitative estimate of drug-likeness (QED) is 0.112. The van der Waals surface area contributed by atoms with E-state index in [0.717, 1.165) is 17.5 Å². The van der Waals surface area contributed by atoms with E-state index in [1.807, 2.05) is 36.4 Å². The van der Waals surface area contributed by atoms with Crippen LogP contribution in [0.2, 0.25) is 0 Å². The molecule has 1 heterocycles. The smallest absolute Gasteiger partial charge is 0.326 e. The maximum Gasteiger partial charge on any atom is 0.326 e. The molecule has 0 saturated heterocycles. The molecule has 3 rings (SSSR count). The molecule has 0 radical (unpaired) electrons. The number of imidazole rings is 1. The number of aromatic nitrogens is 2. The molecule has 0 bridgehead atoms. The molecule has 4 unspecified atom stereocenters. The number of nitrogens with two attached hydrogens (primary N) is 2. The minimum atomic E-state index is -1.23. The van der Waals surface area contributed by atoms with Crippen LogP contribution in [0.4, 0.5) is 0 Å². The molecule has 4 atom stereocenters. The van der Waals surface area contributed by atoms with Gasteiger partial charge in [-0.05, 0) is 30.5 Å². The van der Waals surface area contributed by atoms with Crippen LogP contribution >= 0.6 is 0 Å². The van der Waals surface area contributed by atoms with E-state index < -0.39 is 47.9 Å². The van der Waals surface area contributed by atoms with Gasteiger partial charge in [0.25, 0.3) is 0 Å². The van der Waals surface area contributed by atoms with Gasteiger partial charge < -0.3 is 37.5 Å². The molecule has 3 amide bonds. The minimum absolute atomic E-state index is 0.0137. The monoisotopic (exact) mass is 577 g/mol. The van der Waals surface area contributed by atoms with E-state index in [0.29, 0.717) is 25.1 Å². The fourth-order valence-corrected chi connectivity index (χ4v) is 4.40. The number of carbonyl (C=O) groups is 4. The number of carbonyl (C=O) groups excluding carboxylic acids is 3. The van der Waals surface area contributed by atoms with Crippen molar-refractivity contribution >= 4 is 23.7 Å². The third-order valence-electron chi connectivity index (χ3n) is 6.73. The van der Waals surface area contributed by atoms with Gasteiger partial charge in [-0.25, -0.2) is 9.78 Å². The number of carboxylic acids is 1. The summed E-state index contributed by atoms with van der Waals surface area (Å²) >= 11 is 0. The Bertz CT molecular complexity index is 1270. The summed E-state index contributed by atoms with van der Waals surface area (Å²) < 4.78 is 0. The molecule has 3 aromatic rings. The highest BCUT2D eigenvalue weighted by Gasteiger charge is 2.31. The van der Waals surface area contributed by atoms with Crippen molar-refractivity contribution in [1.82, 2.24) is 25.9 Å². The van der Waals surface area contributed by atoms with Gasteiger partial charge in [-0.15, -0.1) is 0 Å². The van der Waals surface area contributed by atoms with Gasteiger partial charge in [0.2, 0.25) is 17.7 Å². The molecule has 0 aliphatic carbocycles. The van der Waals surface area contributed by atoms with Gasteiger partial charge in [0.05, 0.1) is 12.4 Å². The molecule has 2 aromatic carbocycles. The first-order chi connectivity index (χ1) is 20.3. The lowest BCUT2D eigenvalue weighted by Gasteiger charge is -2.25. The zero-order valence-corrected chi connectivity index (χ0v) is 23.4. The maximum atomic E-state index is 13.6. The SMILES string of the molecule is NCCCCC(N)C(=O)NC(Cc1ccccc1)C(=O)NC(Cc1cnc[nH]1)C(=O)NC(Cc1ccccc1)C(=O)O. The molecule has 0 saturated carbocycles. The standard InChI is InChI=1S/C30H39N7O5/c31-14-8-7-13-23(32)27(38)35-24(15-20-9-3-1-4-10-20)28(39)36-25(17-22-18-33-19-34-22)29(40)37-26(30(41)42)16-21-11-5-2-6-12-21/h1-6,9-12,18-19,23-26H,7-8,13-17,31-32H2,(H,33,34)(H,35,38)(H,36,39)(H,37,40)(H,41,42). The Kier molecular flexibility index (Phi) is 12.7. The third kappa shape index (κ3) is 10.5. The Balaban J connectivity index is 1.78. The molecule has 224 valence electrons. The average Bonchev–Trinajstić information content (AvgIpc) is 3.50. The Morgan fingerprint density at radius 2 is 1.29 bits per heavy atom. The first kappa shape index (κ1) is 32.0. The summed E-state index contributed by atoms with van der Waals surface area (Å²) in [6.07, 6.45) is 4.97. The van der Waals surface area contributed by atoms with Crippen molar-refractivity contribution in [3.63, 3.8) is 0 Å². The lowest BCUT2D eigenvalue weighted by molar-refractivity contribution is -0.142. The summed E-state index contributed by atoms with van der Waals surface area (Å²) in [5.74, 6) is -3.01. The zero-order chi connectivity index (χ0) is 30.3. The van der Waals surface area contributed by atoms with E-state index in [2.05, 4.69) is 25.9 Å². The Morgan fingerprint density at radius 1 is 0.762 bits per heavy atom. The number of amides is 3. The van der Waals surface area contributed by atoms with Gasteiger partial charge in [-0.1, -0.05) is 67.1 Å². The number of unbranched alkanes of at least 4 members (excludes halogenated alkanes) is 1. The Morgan fingerprint density at radius 3 is 1.81 bits per heavy atom. The molecular weight excluding hydrogens is 538 g/mol. The van der Waals surface area contributed by atoms with E-state index in [-0.39, 0.29) is 19.3 Å². The van der Waals surface area contributed by atoms with Crippen molar-refractivity contribution in [3.05, 3.63) is 90.0 Å². The highest BCUT2D eigenvalue weighted by molar-refractivity contribution is 5.94. The Labute approximate surface area is 244 Å². The van der Waals surface area contributed by atoms with Crippen LogP contribution in [0.3, 0.4) is 0 Å². The van der Waals surface area contributed by atoms with Gasteiger partial charge in [0, 0.05) is 31.2 Å². The molecule has 0 aliphatic rings. The van der Waals surface area contributed by atoms with E-state index >= 15 is 0 Å². The zero-order valence-electron chi connectivity index (χ0n) is 23.4. The van der Waals surface area contributed by atoms with Crippen molar-refractivity contribution in [2.75, 3.05) is 6.54 Å². The summed E-state index contributed by atoms with van der Waals surface area (Å²) in [4.78, 5) is 58.8. The van der Waals surface area contributed by atoms with Crippen molar-refractivity contribution in [2.24, 2.45) is 11.5 Å². The normalized spacial score (nSPS) is 13.8. The Hall–Kier alpha value is -4.55. The summed E-state index contributed by atoms with van der Waals surface area (Å²) in [5.41, 5.74) is 13.7. The van der Waals surface area contributed by atoms with Gasteiger partial charge in [0.15, 0.2) is 0 Å². The van der Waals surface area contributed by atoms with Gasteiger partial charge in [-0.2, -0.15) is 0 Å². The average molecular weight is 578 g/mol. The van der Waals surface area contributed by atoms with E-state index in [9.17, 15) is 24.3 Å². The first-order valence-corrected chi connectivity index (χ1v) is 13.9. The molecule has 0 fully saturated rings. The third-order valence-corrected chi connectivity index (χ3v) is 6.73. The predicted molar refractivity (Wildman–Crippen MR) is 157 cm³/mol. The summed E-state index contributed by atoms with van der Waals surface area (Å²) in [6, 6.07) is 13.8. The van der Waals surface area contributed by atoms with E-state index in [1.165, 1.54) is 12.5 Å². The number of benzene rings is 2. The molecule has 9 N–H and O–H groups in total. The van der Waals surface area contributed by atoms with Crippen LogP contribution in [0, 0.1) is 0 Å². The van der Waals surface area contributed by atoms with Crippen molar-refractivity contribution in [2.45, 2.75) is 62.7 Å². The molecule has 0 spiro atoms. The maximum absolute atomic E-state index is 13.6. The second-order valence-electron chi connectivity index (χ2n) is 10.1. The molecule has 12 heteroatoms. The lowest BCUT2D eigenvalue weighted by Crippen LogP contribution is -2.58. The molecule has 12 nitrogen and oxygen atoms in total. The van der Waals surface area contributed by atoms with Gasteiger partial charge in [-0.3, -0.25) is 14.4 Å². The van der Waals surface area contributed by atoms with Gasteiger partial charge in [0.1, 0.15) is 18.1 Å². The van der Waals surface area contributed by atoms with Crippen LogP contribution in [0.15, 0.2) is 73.2 Å². The van der Waals surface area contributed by atoms with Crippen LogP contribution in [0.1, 0.15) is 36.1 Å². The van der Waals surface area contributed by atoms with Crippen LogP contribution < -0.4 is 27.4 Å². The largest absolute Gasteiger partial charge is 0.480 e. The first-order valence-electron chi connectivity index (χ1n) is 13.9. The molecule has 0 aliphatic heterocycles. The number of hydrogen-bond acceptors (Lipinski definition) is 7. The second-order valence-corrected chi connectivity index (χ2v) is 10.1. The molecular formula is C30H39N7O5. The number of carboxylic acid groups (broad SMARTS) is 1. The highest BCUT2D eigenvalue weighted by Crippen LogP contribution is 2.09. The molecule has 42 heavy (non-hydrogen) atoms. The number of aliphatic carboxylic acids is 1. The second kappa shape index (κ2) is 16.7. The predicted octanol–water partition coefficient (Wildman–Crippen LogP) is 0.433. The van der Waals surface area contributed by atoms with Gasteiger partial charge >= 0.3 is 5.97 Å². The fraction of sp³-hybridized carbons (Fsp3) is 0.367. The van der Waals surface area contributed by atoms with Crippen LogP contribution in [0.5, 0.6) is 0 Å².